The zero-order valence-corrected chi connectivity index (χ0v) is 15.6. The van der Waals surface area contributed by atoms with Crippen molar-refractivity contribution in [3.63, 3.8) is 0 Å². The summed E-state index contributed by atoms with van der Waals surface area (Å²) in [6.45, 7) is 0. The Morgan fingerprint density at radius 2 is 1.52 bits per heavy atom. The minimum absolute atomic E-state index is 0.689. The summed E-state index contributed by atoms with van der Waals surface area (Å²) in [5, 5.41) is 3.43. The molecule has 0 amide bonds. The van der Waals surface area contributed by atoms with Gasteiger partial charge in [0.1, 0.15) is 0 Å². The van der Waals surface area contributed by atoms with E-state index in [1.54, 1.807) is 11.8 Å². The van der Waals surface area contributed by atoms with Crippen molar-refractivity contribution in [2.24, 2.45) is 4.99 Å². The van der Waals surface area contributed by atoms with Gasteiger partial charge in [0.15, 0.2) is 0 Å². The summed E-state index contributed by atoms with van der Waals surface area (Å²) < 4.78 is 0. The van der Waals surface area contributed by atoms with Crippen molar-refractivity contribution in [2.45, 2.75) is 4.90 Å². The largest absolute Gasteiger partial charge is 0.248 e. The highest BCUT2D eigenvalue weighted by Gasteiger charge is 2.02. The first-order valence-electron chi connectivity index (χ1n) is 7.69. The van der Waals surface area contributed by atoms with Crippen LogP contribution in [-0.4, -0.2) is 5.71 Å². The average Bonchev–Trinajstić information content (AvgIpc) is 2.62. The normalized spacial score (nSPS) is 11.8. The van der Waals surface area contributed by atoms with Gasteiger partial charge in [0.25, 0.3) is 0 Å². The van der Waals surface area contributed by atoms with Gasteiger partial charge in [-0.3, -0.25) is 0 Å². The van der Waals surface area contributed by atoms with Gasteiger partial charge in [-0.2, -0.15) is 0 Å². The first-order chi connectivity index (χ1) is 12.2. The summed E-state index contributed by atoms with van der Waals surface area (Å²) in [5.41, 5.74) is 2.72. The van der Waals surface area contributed by atoms with Crippen molar-refractivity contribution >= 4 is 46.4 Å². The van der Waals surface area contributed by atoms with Crippen LogP contribution in [0.25, 0.3) is 0 Å². The van der Waals surface area contributed by atoms with Crippen molar-refractivity contribution in [1.29, 1.82) is 0 Å². The van der Waals surface area contributed by atoms with E-state index in [0.717, 1.165) is 26.9 Å². The second-order valence-corrected chi connectivity index (χ2v) is 7.07. The molecule has 0 N–H and O–H groups in total. The molecule has 0 radical (unpaired) electrons. The van der Waals surface area contributed by atoms with Crippen LogP contribution in [0.15, 0.2) is 100 Å². The molecular weight excluding hydrogens is 369 g/mol. The summed E-state index contributed by atoms with van der Waals surface area (Å²) >= 11 is 13.8. The SMILES string of the molecule is Clc1cccc(SC=CC(=Nc2ccccc2)c2cccc(Cl)c2)c1. The molecular formula is C21H15Cl2NS. The van der Waals surface area contributed by atoms with Gasteiger partial charge in [0, 0.05) is 20.5 Å². The predicted octanol–water partition coefficient (Wildman–Crippen LogP) is 7.42. The molecule has 0 bridgehead atoms. The molecule has 1 nitrogen and oxygen atoms in total. The lowest BCUT2D eigenvalue weighted by atomic mass is 10.1. The van der Waals surface area contributed by atoms with Gasteiger partial charge in [-0.15, -0.1) is 0 Å². The maximum absolute atomic E-state index is 6.14. The Morgan fingerprint density at radius 1 is 0.800 bits per heavy atom. The molecule has 0 aliphatic carbocycles. The second kappa shape index (κ2) is 8.91. The highest BCUT2D eigenvalue weighted by atomic mass is 35.5. The molecule has 0 unspecified atom stereocenters. The van der Waals surface area contributed by atoms with E-state index in [2.05, 4.69) is 0 Å². The predicted molar refractivity (Wildman–Crippen MR) is 111 cm³/mol. The number of aliphatic imine (C=N–C) groups is 1. The third-order valence-corrected chi connectivity index (χ3v) is 4.62. The third kappa shape index (κ3) is 5.50. The fourth-order valence-electron chi connectivity index (χ4n) is 2.20. The van der Waals surface area contributed by atoms with Crippen molar-refractivity contribution in [3.05, 3.63) is 106 Å². The lowest BCUT2D eigenvalue weighted by Crippen LogP contribution is -1.95. The van der Waals surface area contributed by atoms with Gasteiger partial charge < -0.3 is 0 Å². The van der Waals surface area contributed by atoms with Crippen LogP contribution in [0.1, 0.15) is 5.56 Å². The molecule has 0 fully saturated rings. The Labute approximate surface area is 162 Å². The average molecular weight is 384 g/mol. The number of hydrogen-bond acceptors (Lipinski definition) is 2. The lowest BCUT2D eigenvalue weighted by molar-refractivity contribution is 1.47. The number of thioether (sulfide) groups is 1. The standard InChI is InChI=1S/C21H15Cl2NS/c22-17-7-4-6-16(14-17)21(24-19-9-2-1-3-10-19)12-13-25-20-11-5-8-18(23)15-20/h1-15H. The Hall–Kier alpha value is -2.00. The smallest absolute Gasteiger partial charge is 0.0715 e. The fourth-order valence-corrected chi connectivity index (χ4v) is 3.36. The van der Waals surface area contributed by atoms with E-state index in [1.807, 2.05) is 90.3 Å². The lowest BCUT2D eigenvalue weighted by Gasteiger charge is -2.04. The van der Waals surface area contributed by atoms with Crippen LogP contribution in [0.4, 0.5) is 5.69 Å². The summed E-state index contributed by atoms with van der Waals surface area (Å²) in [7, 11) is 0. The van der Waals surface area contributed by atoms with Gasteiger partial charge in [0.2, 0.25) is 0 Å². The van der Waals surface area contributed by atoms with E-state index >= 15 is 0 Å². The number of para-hydroxylation sites is 1. The van der Waals surface area contributed by atoms with Crippen LogP contribution in [0.3, 0.4) is 0 Å². The monoisotopic (exact) mass is 383 g/mol. The molecule has 0 aliphatic heterocycles. The molecule has 0 heterocycles. The van der Waals surface area contributed by atoms with Crippen molar-refractivity contribution in [3.8, 4) is 0 Å². The highest BCUT2D eigenvalue weighted by Crippen LogP contribution is 2.23. The van der Waals surface area contributed by atoms with Crippen LogP contribution in [0.5, 0.6) is 0 Å². The van der Waals surface area contributed by atoms with Crippen molar-refractivity contribution in [1.82, 2.24) is 0 Å². The van der Waals surface area contributed by atoms with Crippen molar-refractivity contribution < 1.29 is 0 Å². The van der Waals surface area contributed by atoms with Crippen LogP contribution in [-0.2, 0) is 0 Å². The first kappa shape index (κ1) is 17.8. The number of halogens is 2. The Kier molecular flexibility index (Phi) is 6.35. The summed E-state index contributed by atoms with van der Waals surface area (Å²) in [6, 6.07) is 25.3. The van der Waals surface area contributed by atoms with E-state index in [0.29, 0.717) is 5.02 Å². The Balaban J connectivity index is 1.88. The van der Waals surface area contributed by atoms with Crippen molar-refractivity contribution in [2.75, 3.05) is 0 Å². The van der Waals surface area contributed by atoms with Gasteiger partial charge in [-0.25, -0.2) is 4.99 Å². The second-order valence-electron chi connectivity index (χ2n) is 5.22. The minimum Gasteiger partial charge on any atom is -0.248 e. The molecule has 0 spiro atoms. The van der Waals surface area contributed by atoms with E-state index in [-0.39, 0.29) is 0 Å². The van der Waals surface area contributed by atoms with E-state index in [9.17, 15) is 0 Å². The van der Waals surface area contributed by atoms with Crippen LogP contribution in [0.2, 0.25) is 10.0 Å². The maximum Gasteiger partial charge on any atom is 0.0715 e. The summed E-state index contributed by atoms with van der Waals surface area (Å²) in [6.07, 6.45) is 1.99. The number of allylic oxidation sites excluding steroid dienone is 1. The third-order valence-electron chi connectivity index (χ3n) is 3.35. The molecule has 0 aliphatic rings. The quantitative estimate of drug-likeness (QED) is 0.329. The molecule has 3 aromatic carbocycles. The molecule has 0 atom stereocenters. The number of rotatable bonds is 5. The molecule has 25 heavy (non-hydrogen) atoms. The van der Waals surface area contributed by atoms with Crippen LogP contribution < -0.4 is 0 Å². The molecule has 0 saturated heterocycles. The zero-order valence-electron chi connectivity index (χ0n) is 13.3. The maximum atomic E-state index is 6.14. The highest BCUT2D eigenvalue weighted by molar-refractivity contribution is 8.02. The molecule has 124 valence electrons. The molecule has 0 saturated carbocycles. The summed E-state index contributed by atoms with van der Waals surface area (Å²) in [4.78, 5) is 5.83. The molecule has 3 aromatic rings. The first-order valence-corrected chi connectivity index (χ1v) is 9.33. The van der Waals surface area contributed by atoms with Crippen LogP contribution in [0, 0.1) is 0 Å². The molecule has 0 aromatic heterocycles. The number of benzene rings is 3. The Morgan fingerprint density at radius 3 is 2.24 bits per heavy atom. The van der Waals surface area contributed by atoms with Gasteiger partial charge in [-0.05, 0) is 53.9 Å². The zero-order chi connectivity index (χ0) is 17.5. The van der Waals surface area contributed by atoms with Gasteiger partial charge in [0.05, 0.1) is 11.4 Å². The number of nitrogens with zero attached hydrogens (tertiary/aromatic N) is 1. The summed E-state index contributed by atoms with van der Waals surface area (Å²) in [5.74, 6) is 0. The molecule has 4 heteroatoms. The number of hydrogen-bond donors (Lipinski definition) is 0. The molecule has 3 rings (SSSR count). The van der Waals surface area contributed by atoms with Gasteiger partial charge in [-0.1, -0.05) is 71.4 Å². The van der Waals surface area contributed by atoms with Crippen LogP contribution >= 0.6 is 35.0 Å². The topological polar surface area (TPSA) is 12.4 Å². The van der Waals surface area contributed by atoms with Gasteiger partial charge >= 0.3 is 0 Å². The Bertz CT molecular complexity index is 905. The van der Waals surface area contributed by atoms with E-state index in [1.165, 1.54) is 0 Å². The fraction of sp³-hybridized carbons (Fsp3) is 0. The van der Waals surface area contributed by atoms with E-state index in [4.69, 9.17) is 28.2 Å². The minimum atomic E-state index is 0.689. The van der Waals surface area contributed by atoms with E-state index < -0.39 is 0 Å².